The van der Waals surface area contributed by atoms with Crippen LogP contribution in [-0.2, 0) is 4.74 Å². The molecule has 2 aromatic rings. The monoisotopic (exact) mass is 429 g/mol. The molecule has 3 rings (SSSR count). The molecule has 30 heavy (non-hydrogen) atoms. The molecule has 5 nitrogen and oxygen atoms in total. The maximum Gasteiger partial charge on any atom is 0.256 e. The molecular formula is C24H31NO4S. The van der Waals surface area contributed by atoms with E-state index in [1.54, 1.807) is 11.8 Å². The fraction of sp³-hybridized carbons (Fsp3) is 0.458. The van der Waals surface area contributed by atoms with Gasteiger partial charge in [-0.2, -0.15) is 0 Å². The number of hydrogen-bond acceptors (Lipinski definition) is 5. The summed E-state index contributed by atoms with van der Waals surface area (Å²) in [5.74, 6) is 2.09. The van der Waals surface area contributed by atoms with Gasteiger partial charge in [-0.15, -0.1) is 11.8 Å². The Bertz CT molecular complexity index is 821. The van der Waals surface area contributed by atoms with Gasteiger partial charge in [-0.3, -0.25) is 4.79 Å². The van der Waals surface area contributed by atoms with Crippen LogP contribution in [0.5, 0.6) is 11.5 Å². The summed E-state index contributed by atoms with van der Waals surface area (Å²) >= 11 is 1.68. The molecule has 1 aliphatic heterocycles. The Kier molecular flexibility index (Phi) is 8.90. The third-order valence-electron chi connectivity index (χ3n) is 4.71. The Morgan fingerprint density at radius 2 is 1.87 bits per heavy atom. The zero-order valence-electron chi connectivity index (χ0n) is 17.8. The zero-order valence-corrected chi connectivity index (χ0v) is 18.6. The van der Waals surface area contributed by atoms with Crippen LogP contribution in [-0.4, -0.2) is 37.6 Å². The second kappa shape index (κ2) is 11.9. The molecule has 0 spiro atoms. The minimum Gasteiger partial charge on any atom is -0.490 e. The van der Waals surface area contributed by atoms with E-state index in [0.717, 1.165) is 42.9 Å². The highest BCUT2D eigenvalue weighted by molar-refractivity contribution is 7.99. The summed E-state index contributed by atoms with van der Waals surface area (Å²) in [4.78, 5) is 14.0. The van der Waals surface area contributed by atoms with Crippen LogP contribution in [0.3, 0.4) is 0 Å². The first kappa shape index (κ1) is 22.5. The van der Waals surface area contributed by atoms with Crippen LogP contribution < -0.4 is 14.8 Å². The molecule has 0 bridgehead atoms. The first-order valence-corrected chi connectivity index (χ1v) is 11.7. The molecule has 0 radical (unpaired) electrons. The van der Waals surface area contributed by atoms with Gasteiger partial charge in [-0.25, -0.2) is 0 Å². The van der Waals surface area contributed by atoms with E-state index in [4.69, 9.17) is 14.2 Å². The summed E-state index contributed by atoms with van der Waals surface area (Å²) in [7, 11) is 0. The van der Waals surface area contributed by atoms with Crippen LogP contribution >= 0.6 is 11.8 Å². The SMILES string of the molecule is CCCOc1ccc(NC(=O)c2ccccc2SCC2CCCO2)cc1OCCC. The Morgan fingerprint density at radius 3 is 2.60 bits per heavy atom. The highest BCUT2D eigenvalue weighted by atomic mass is 32.2. The van der Waals surface area contributed by atoms with Crippen molar-refractivity contribution in [2.45, 2.75) is 50.5 Å². The van der Waals surface area contributed by atoms with Crippen molar-refractivity contribution >= 4 is 23.4 Å². The van der Waals surface area contributed by atoms with Crippen molar-refractivity contribution < 1.29 is 19.0 Å². The van der Waals surface area contributed by atoms with Crippen molar-refractivity contribution in [2.24, 2.45) is 0 Å². The molecule has 1 amide bonds. The number of hydrogen-bond donors (Lipinski definition) is 1. The molecule has 1 atom stereocenters. The van der Waals surface area contributed by atoms with E-state index in [2.05, 4.69) is 19.2 Å². The zero-order chi connectivity index (χ0) is 21.2. The molecular weight excluding hydrogens is 398 g/mol. The minimum absolute atomic E-state index is 0.130. The predicted octanol–water partition coefficient (Wildman–Crippen LogP) is 5.79. The summed E-state index contributed by atoms with van der Waals surface area (Å²) in [6, 6.07) is 13.2. The first-order valence-electron chi connectivity index (χ1n) is 10.8. The molecule has 0 aromatic heterocycles. The van der Waals surface area contributed by atoms with Crippen LogP contribution in [0.15, 0.2) is 47.4 Å². The summed E-state index contributed by atoms with van der Waals surface area (Å²) < 4.78 is 17.3. The van der Waals surface area contributed by atoms with Gasteiger partial charge in [-0.1, -0.05) is 26.0 Å². The van der Waals surface area contributed by atoms with Gasteiger partial charge in [0.2, 0.25) is 0 Å². The van der Waals surface area contributed by atoms with Crippen LogP contribution in [0.2, 0.25) is 0 Å². The van der Waals surface area contributed by atoms with Gasteiger partial charge in [0, 0.05) is 29.0 Å². The molecule has 6 heteroatoms. The lowest BCUT2D eigenvalue weighted by Crippen LogP contribution is -2.14. The standard InChI is InChI=1S/C24H31NO4S/c1-3-13-28-21-12-11-18(16-22(21)29-14-4-2)25-24(26)20-9-5-6-10-23(20)30-17-19-8-7-15-27-19/h5-6,9-12,16,19H,3-4,7-8,13-15,17H2,1-2H3,(H,25,26). The molecule has 2 aromatic carbocycles. The normalized spacial score (nSPS) is 15.7. The van der Waals surface area contributed by atoms with Crippen LogP contribution in [0.25, 0.3) is 0 Å². The van der Waals surface area contributed by atoms with E-state index in [1.807, 2.05) is 42.5 Å². The number of benzene rings is 2. The third-order valence-corrected chi connectivity index (χ3v) is 5.91. The number of rotatable bonds is 11. The molecule has 0 saturated carbocycles. The van der Waals surface area contributed by atoms with Gasteiger partial charge in [-0.05, 0) is 49.9 Å². The largest absolute Gasteiger partial charge is 0.490 e. The van der Waals surface area contributed by atoms with E-state index in [9.17, 15) is 4.79 Å². The van der Waals surface area contributed by atoms with Gasteiger partial charge in [0.1, 0.15) is 0 Å². The van der Waals surface area contributed by atoms with Gasteiger partial charge >= 0.3 is 0 Å². The van der Waals surface area contributed by atoms with Gasteiger partial charge in [0.05, 0.1) is 24.9 Å². The average Bonchev–Trinajstić information content (AvgIpc) is 3.29. The average molecular weight is 430 g/mol. The molecule has 1 aliphatic rings. The lowest BCUT2D eigenvalue weighted by atomic mass is 10.2. The minimum atomic E-state index is -0.130. The lowest BCUT2D eigenvalue weighted by Gasteiger charge is -2.15. The van der Waals surface area contributed by atoms with E-state index in [1.165, 1.54) is 0 Å². The lowest BCUT2D eigenvalue weighted by molar-refractivity contribution is 0.102. The summed E-state index contributed by atoms with van der Waals surface area (Å²) in [5.41, 5.74) is 1.36. The number of carbonyl (C=O) groups is 1. The van der Waals surface area contributed by atoms with Crippen molar-refractivity contribution in [2.75, 3.05) is 30.9 Å². The van der Waals surface area contributed by atoms with Crippen molar-refractivity contribution in [3.63, 3.8) is 0 Å². The Labute approximate surface area is 183 Å². The highest BCUT2D eigenvalue weighted by Gasteiger charge is 2.18. The Hall–Kier alpha value is -2.18. The number of ether oxygens (including phenoxy) is 3. The topological polar surface area (TPSA) is 56.8 Å². The van der Waals surface area contributed by atoms with E-state index < -0.39 is 0 Å². The van der Waals surface area contributed by atoms with E-state index in [0.29, 0.717) is 36.0 Å². The molecule has 1 heterocycles. The van der Waals surface area contributed by atoms with E-state index in [-0.39, 0.29) is 12.0 Å². The summed E-state index contributed by atoms with van der Waals surface area (Å²) in [6.45, 7) is 6.19. The fourth-order valence-electron chi connectivity index (χ4n) is 3.18. The van der Waals surface area contributed by atoms with Gasteiger partial charge < -0.3 is 19.5 Å². The van der Waals surface area contributed by atoms with Crippen molar-refractivity contribution in [3.05, 3.63) is 48.0 Å². The molecule has 1 saturated heterocycles. The number of thioether (sulfide) groups is 1. The first-order chi connectivity index (χ1) is 14.7. The summed E-state index contributed by atoms with van der Waals surface area (Å²) in [5, 5.41) is 3.01. The van der Waals surface area contributed by atoms with E-state index >= 15 is 0 Å². The smallest absolute Gasteiger partial charge is 0.256 e. The molecule has 162 valence electrons. The molecule has 1 N–H and O–H groups in total. The predicted molar refractivity (Wildman–Crippen MR) is 122 cm³/mol. The summed E-state index contributed by atoms with van der Waals surface area (Å²) in [6.07, 6.45) is 4.31. The van der Waals surface area contributed by atoms with Gasteiger partial charge in [0.25, 0.3) is 5.91 Å². The van der Waals surface area contributed by atoms with Gasteiger partial charge in [0.15, 0.2) is 11.5 Å². The molecule has 1 unspecified atom stereocenters. The maximum atomic E-state index is 13.0. The quantitative estimate of drug-likeness (QED) is 0.458. The van der Waals surface area contributed by atoms with Crippen LogP contribution in [0.4, 0.5) is 5.69 Å². The second-order valence-corrected chi connectivity index (χ2v) is 8.32. The number of carbonyl (C=O) groups excluding carboxylic acids is 1. The Morgan fingerprint density at radius 1 is 1.10 bits per heavy atom. The van der Waals surface area contributed by atoms with Crippen LogP contribution in [0, 0.1) is 0 Å². The Balaban J connectivity index is 1.70. The highest BCUT2D eigenvalue weighted by Crippen LogP contribution is 2.32. The maximum absolute atomic E-state index is 13.0. The van der Waals surface area contributed by atoms with Crippen molar-refractivity contribution in [1.29, 1.82) is 0 Å². The number of anilines is 1. The molecule has 1 fully saturated rings. The number of nitrogens with one attached hydrogen (secondary N) is 1. The van der Waals surface area contributed by atoms with Crippen molar-refractivity contribution in [1.82, 2.24) is 0 Å². The molecule has 0 aliphatic carbocycles. The number of amides is 1. The van der Waals surface area contributed by atoms with Crippen LogP contribution in [0.1, 0.15) is 49.9 Å². The second-order valence-electron chi connectivity index (χ2n) is 7.25. The van der Waals surface area contributed by atoms with Crippen molar-refractivity contribution in [3.8, 4) is 11.5 Å². The fourth-order valence-corrected chi connectivity index (χ4v) is 4.30. The third kappa shape index (κ3) is 6.41.